The van der Waals surface area contributed by atoms with Gasteiger partial charge < -0.3 is 23.4 Å². The van der Waals surface area contributed by atoms with Gasteiger partial charge in [0.2, 0.25) is 0 Å². The van der Waals surface area contributed by atoms with Crippen molar-refractivity contribution in [1.29, 1.82) is 0 Å². The van der Waals surface area contributed by atoms with Gasteiger partial charge in [0.05, 0.1) is 105 Å². The first-order valence-corrected chi connectivity index (χ1v) is 27.7. The highest BCUT2D eigenvalue weighted by Crippen LogP contribution is 2.44. The van der Waals surface area contributed by atoms with Crippen molar-refractivity contribution >= 4 is 18.0 Å². The van der Waals surface area contributed by atoms with E-state index in [-0.39, 0.29) is 31.3 Å². The summed E-state index contributed by atoms with van der Waals surface area (Å²) in [6.45, 7) is 9.79. The van der Waals surface area contributed by atoms with E-state index >= 15 is 0 Å². The average molecular weight is 1210 g/mol. The Labute approximate surface area is 480 Å². The number of aromatic nitrogens is 6. The molecule has 2 unspecified atom stereocenters. The summed E-state index contributed by atoms with van der Waals surface area (Å²) >= 11 is 0. The molecule has 4 aromatic heterocycles. The third-order valence-corrected chi connectivity index (χ3v) is 16.3. The second-order valence-electron chi connectivity index (χ2n) is 22.2. The van der Waals surface area contributed by atoms with Gasteiger partial charge in [-0.1, -0.05) is 61.7 Å². The summed E-state index contributed by atoms with van der Waals surface area (Å²) in [6.07, 6.45) is -10.1. The lowest BCUT2D eigenvalue weighted by Crippen LogP contribution is -2.37. The van der Waals surface area contributed by atoms with E-state index in [2.05, 4.69) is 10.3 Å². The maximum absolute atomic E-state index is 13.5. The van der Waals surface area contributed by atoms with Crippen molar-refractivity contribution in [2.45, 2.75) is 180 Å². The number of amides is 2. The minimum Gasteiger partial charge on any atom is -0.439 e. The van der Waals surface area contributed by atoms with Gasteiger partial charge in [-0.25, -0.2) is 24.5 Å². The zero-order valence-electron chi connectivity index (χ0n) is 47.3. The monoisotopic (exact) mass is 1210 g/mol. The maximum Gasteiger partial charge on any atom is 0.416 e. The third kappa shape index (κ3) is 13.6. The fourth-order valence-corrected chi connectivity index (χ4v) is 11.7. The number of benzene rings is 2. The smallest absolute Gasteiger partial charge is 0.416 e. The molecular formula is C58H61F12N9O6. The molecular weight excluding hydrogens is 1150 g/mol. The van der Waals surface area contributed by atoms with Crippen molar-refractivity contribution in [2.24, 2.45) is 5.92 Å². The molecule has 2 amide bonds. The van der Waals surface area contributed by atoms with Crippen LogP contribution in [-0.4, -0.2) is 77.4 Å². The van der Waals surface area contributed by atoms with Crippen LogP contribution in [0.2, 0.25) is 0 Å². The van der Waals surface area contributed by atoms with E-state index in [1.165, 1.54) is 30.1 Å². The Bertz CT molecular complexity index is 3300. The van der Waals surface area contributed by atoms with Crippen LogP contribution in [0.3, 0.4) is 0 Å². The highest BCUT2D eigenvalue weighted by atomic mass is 19.4. The number of nitrogens with zero attached hydrogens (tertiary/aromatic N) is 9. The highest BCUT2D eigenvalue weighted by molar-refractivity contribution is 5.73. The summed E-state index contributed by atoms with van der Waals surface area (Å²) in [5.74, 6) is 1.96. The standard InChI is InChI=1S/C29H31F6N5O3.C29H30F6N4O3/c1-15-24(17(3)43-38-15)22-13-36-26(39(4)21-8-6-5-7-9-21)23(37-22)14-40-16(2)25(42-27(40)41)18-10-19(28(30,31)32)12-20(11-18)29(33,34)35;1-15-25(17(3)42-38-15)23-13-36-22(9-18-7-5-4-6-8-18)24(37-23)14-39-16(2)26(41-27(39)40)19-10-20(28(30,31)32)12-21(11-19)29(33,34)35/h10-13,16,21,25H,5-9,14H2,1-4H3;10-13,16,18,26H,4-9,14H2,1-3H3/t16-,25?;16-,26?/m00/s1. The van der Waals surface area contributed by atoms with Crippen molar-refractivity contribution in [1.82, 2.24) is 40.0 Å². The summed E-state index contributed by atoms with van der Waals surface area (Å²) in [5.41, 5.74) is -1.71. The number of carbonyl (C=O) groups excluding carboxylic acids is 2. The van der Waals surface area contributed by atoms with E-state index in [4.69, 9.17) is 38.5 Å². The normalized spacial score (nSPS) is 20.2. The van der Waals surface area contributed by atoms with E-state index in [0.29, 0.717) is 105 Å². The molecule has 85 heavy (non-hydrogen) atoms. The van der Waals surface area contributed by atoms with E-state index in [0.717, 1.165) is 57.8 Å². The number of halogens is 12. The second-order valence-corrected chi connectivity index (χ2v) is 22.2. The van der Waals surface area contributed by atoms with Gasteiger partial charge in [-0.3, -0.25) is 14.8 Å². The minimum atomic E-state index is -5.03. The molecule has 4 fully saturated rings. The van der Waals surface area contributed by atoms with Crippen molar-refractivity contribution in [3.05, 3.63) is 122 Å². The largest absolute Gasteiger partial charge is 0.439 e. The summed E-state index contributed by atoms with van der Waals surface area (Å²) in [6, 6.07) is 0.846. The molecule has 6 aromatic rings. The lowest BCUT2D eigenvalue weighted by atomic mass is 9.85. The molecule has 0 bridgehead atoms. The quantitative estimate of drug-likeness (QED) is 0.106. The van der Waals surface area contributed by atoms with Gasteiger partial charge in [0.25, 0.3) is 0 Å². The van der Waals surface area contributed by atoms with Gasteiger partial charge in [-0.15, -0.1) is 0 Å². The van der Waals surface area contributed by atoms with Crippen LogP contribution in [0.4, 0.5) is 68.1 Å². The average Bonchev–Trinajstić information content (AvgIpc) is 4.32. The van der Waals surface area contributed by atoms with E-state index in [1.807, 2.05) is 11.9 Å². The van der Waals surface area contributed by atoms with Crippen LogP contribution in [0.5, 0.6) is 0 Å². The Morgan fingerprint density at radius 1 is 0.529 bits per heavy atom. The molecule has 0 radical (unpaired) electrons. The molecule has 4 atom stereocenters. The Hall–Kier alpha value is -7.48. The van der Waals surface area contributed by atoms with E-state index < -0.39 is 94.6 Å². The van der Waals surface area contributed by atoms with Gasteiger partial charge in [0.1, 0.15) is 29.4 Å². The van der Waals surface area contributed by atoms with Crippen molar-refractivity contribution in [2.75, 3.05) is 11.9 Å². The molecule has 15 nitrogen and oxygen atoms in total. The van der Waals surface area contributed by atoms with E-state index in [9.17, 15) is 62.3 Å². The van der Waals surface area contributed by atoms with Gasteiger partial charge in [0.15, 0.2) is 5.82 Å². The lowest BCUT2D eigenvalue weighted by Gasteiger charge is -2.33. The molecule has 4 aliphatic rings. The maximum atomic E-state index is 13.5. The molecule has 6 heterocycles. The molecule has 2 saturated heterocycles. The number of anilines is 1. The SMILES string of the molecule is Cc1noc(C)c1-c1cnc(CC2CCCCC2)c(CN2C(=O)OC(c3cc(C(F)(F)F)cc(C(F)(F)F)c3)[C@@H]2C)n1.Cc1noc(C)c1-c1cnc(N(C)C2CCCCC2)c(CN2C(=O)OC(c3cc(C(F)(F)F)cc(C(F)(F)F)c3)[C@@H]2C)n1. The Balaban J connectivity index is 0.000000204. The number of aryl methyl sites for hydroxylation is 4. The second kappa shape index (κ2) is 24.1. The molecule has 0 spiro atoms. The van der Waals surface area contributed by atoms with Crippen LogP contribution < -0.4 is 4.90 Å². The fourth-order valence-electron chi connectivity index (χ4n) is 11.7. The molecule has 2 aliphatic carbocycles. The third-order valence-electron chi connectivity index (χ3n) is 16.3. The Morgan fingerprint density at radius 2 is 0.918 bits per heavy atom. The zero-order valence-corrected chi connectivity index (χ0v) is 47.3. The zero-order chi connectivity index (χ0) is 61.7. The Kier molecular flexibility index (Phi) is 17.6. The number of hydrogen-bond donors (Lipinski definition) is 0. The number of rotatable bonds is 12. The molecule has 2 aromatic carbocycles. The molecule has 458 valence electrons. The molecule has 10 rings (SSSR count). The predicted octanol–water partition coefficient (Wildman–Crippen LogP) is 15.6. The fraction of sp³-hybridized carbons (Fsp3) is 0.517. The Morgan fingerprint density at radius 3 is 1.32 bits per heavy atom. The van der Waals surface area contributed by atoms with Gasteiger partial charge in [-0.2, -0.15) is 52.7 Å². The number of cyclic esters (lactones) is 2. The van der Waals surface area contributed by atoms with Crippen LogP contribution in [0.1, 0.15) is 164 Å². The molecule has 0 N–H and O–H groups in total. The van der Waals surface area contributed by atoms with Crippen LogP contribution >= 0.6 is 0 Å². The number of hydrogen-bond acceptors (Lipinski definition) is 13. The molecule has 2 aliphatic heterocycles. The van der Waals surface area contributed by atoms with Crippen LogP contribution in [-0.2, 0) is 53.7 Å². The van der Waals surface area contributed by atoms with Crippen LogP contribution in [0.25, 0.3) is 22.5 Å². The van der Waals surface area contributed by atoms with Crippen LogP contribution in [0, 0.1) is 33.6 Å². The van der Waals surface area contributed by atoms with Crippen molar-refractivity contribution < 1.29 is 80.8 Å². The lowest BCUT2D eigenvalue weighted by molar-refractivity contribution is -0.144. The first-order valence-electron chi connectivity index (χ1n) is 27.7. The van der Waals surface area contributed by atoms with Gasteiger partial charge in [-0.05, 0) is 114 Å². The van der Waals surface area contributed by atoms with Gasteiger partial charge in [0, 0.05) is 13.1 Å². The van der Waals surface area contributed by atoms with Crippen molar-refractivity contribution in [3.8, 4) is 22.5 Å². The van der Waals surface area contributed by atoms with Crippen LogP contribution in [0.15, 0.2) is 57.8 Å². The topological polar surface area (TPSA) is 166 Å². The number of alkyl halides is 12. The summed E-state index contributed by atoms with van der Waals surface area (Å²) < 4.78 is 184. The summed E-state index contributed by atoms with van der Waals surface area (Å²) in [4.78, 5) is 49.7. The number of carbonyl (C=O) groups is 2. The highest BCUT2D eigenvalue weighted by Gasteiger charge is 2.46. The summed E-state index contributed by atoms with van der Waals surface area (Å²) in [7, 11) is 1.90. The molecule has 27 heteroatoms. The molecule has 2 saturated carbocycles. The summed E-state index contributed by atoms with van der Waals surface area (Å²) in [5, 5.41) is 7.95. The minimum absolute atomic E-state index is 0.0475. The first-order chi connectivity index (χ1) is 39.9. The number of ether oxygens (including phenoxy) is 2. The van der Waals surface area contributed by atoms with E-state index in [1.54, 1.807) is 40.1 Å². The van der Waals surface area contributed by atoms with Crippen molar-refractivity contribution in [3.63, 3.8) is 0 Å². The van der Waals surface area contributed by atoms with Gasteiger partial charge >= 0.3 is 36.9 Å². The predicted molar refractivity (Wildman–Crippen MR) is 281 cm³/mol. The first kappa shape index (κ1) is 62.1.